The highest BCUT2D eigenvalue weighted by atomic mass is 35.5. The molecule has 2 heterocycles. The number of aryl methyl sites for hydroxylation is 1. The van der Waals surface area contributed by atoms with Crippen LogP contribution in [-0.2, 0) is 13.0 Å². The van der Waals surface area contributed by atoms with E-state index in [0.717, 1.165) is 57.1 Å². The standard InChI is InChI=1S/C15H28ClN5/c1-4-5-6-14-18-13(15(16)19-14)10-17-9-12-11-20(2)7-8-21(12)3/h12,17H,4-11H2,1-3H3,(H,18,19). The van der Waals surface area contributed by atoms with E-state index in [9.17, 15) is 0 Å². The Morgan fingerprint density at radius 1 is 1.38 bits per heavy atom. The van der Waals surface area contributed by atoms with Gasteiger partial charge >= 0.3 is 0 Å². The summed E-state index contributed by atoms with van der Waals surface area (Å²) < 4.78 is 0. The van der Waals surface area contributed by atoms with Crippen LogP contribution in [0.2, 0.25) is 5.15 Å². The highest BCUT2D eigenvalue weighted by Crippen LogP contribution is 2.14. The Labute approximate surface area is 133 Å². The van der Waals surface area contributed by atoms with E-state index >= 15 is 0 Å². The van der Waals surface area contributed by atoms with Crippen LogP contribution in [0.3, 0.4) is 0 Å². The predicted octanol–water partition coefficient (Wildman–Crippen LogP) is 1.74. The SMILES string of the molecule is CCCCc1nc(Cl)c(CNCC2CN(C)CCN2C)[nH]1. The average Bonchev–Trinajstić information content (AvgIpc) is 2.81. The third-order valence-corrected chi connectivity index (χ3v) is 4.52. The maximum Gasteiger partial charge on any atom is 0.151 e. The van der Waals surface area contributed by atoms with Crippen molar-refractivity contribution in [1.82, 2.24) is 25.1 Å². The van der Waals surface area contributed by atoms with Crippen molar-refractivity contribution >= 4 is 11.6 Å². The van der Waals surface area contributed by atoms with E-state index < -0.39 is 0 Å². The number of nitrogens with zero attached hydrogens (tertiary/aromatic N) is 3. The van der Waals surface area contributed by atoms with Crippen LogP contribution in [0.4, 0.5) is 0 Å². The predicted molar refractivity (Wildman–Crippen MR) is 87.8 cm³/mol. The molecule has 0 aromatic carbocycles. The van der Waals surface area contributed by atoms with E-state index in [1.165, 1.54) is 6.42 Å². The molecule has 0 spiro atoms. The van der Waals surface area contributed by atoms with Crippen LogP contribution in [0.25, 0.3) is 0 Å². The molecule has 2 N–H and O–H groups in total. The number of hydrogen-bond acceptors (Lipinski definition) is 4. The van der Waals surface area contributed by atoms with Gasteiger partial charge in [-0.25, -0.2) is 4.98 Å². The maximum atomic E-state index is 6.20. The molecule has 6 heteroatoms. The molecule has 1 atom stereocenters. The Morgan fingerprint density at radius 3 is 2.95 bits per heavy atom. The number of aromatic amines is 1. The van der Waals surface area contributed by atoms with Gasteiger partial charge in [0, 0.05) is 45.2 Å². The van der Waals surface area contributed by atoms with Gasteiger partial charge < -0.3 is 15.2 Å². The molecule has 1 aliphatic heterocycles. The van der Waals surface area contributed by atoms with Gasteiger partial charge in [0.05, 0.1) is 5.69 Å². The normalized spacial score (nSPS) is 21.0. The molecule has 1 fully saturated rings. The zero-order chi connectivity index (χ0) is 15.2. The second-order valence-electron chi connectivity index (χ2n) is 6.08. The van der Waals surface area contributed by atoms with Gasteiger partial charge in [0.2, 0.25) is 0 Å². The molecule has 0 amide bonds. The largest absolute Gasteiger partial charge is 0.344 e. The van der Waals surface area contributed by atoms with Crippen LogP contribution in [-0.4, -0.2) is 66.1 Å². The smallest absolute Gasteiger partial charge is 0.151 e. The zero-order valence-corrected chi connectivity index (χ0v) is 14.2. The van der Waals surface area contributed by atoms with Crippen molar-refractivity contribution in [2.75, 3.05) is 40.3 Å². The topological polar surface area (TPSA) is 47.2 Å². The first kappa shape index (κ1) is 16.7. The molecule has 120 valence electrons. The average molecular weight is 314 g/mol. The van der Waals surface area contributed by atoms with Crippen molar-refractivity contribution in [3.05, 3.63) is 16.7 Å². The van der Waals surface area contributed by atoms with Crippen LogP contribution in [0.5, 0.6) is 0 Å². The quantitative estimate of drug-likeness (QED) is 0.805. The Kier molecular flexibility index (Phi) is 6.48. The molecule has 0 aliphatic carbocycles. The summed E-state index contributed by atoms with van der Waals surface area (Å²) in [4.78, 5) is 12.5. The minimum Gasteiger partial charge on any atom is -0.344 e. The first-order valence-electron chi connectivity index (χ1n) is 7.93. The highest BCUT2D eigenvalue weighted by molar-refractivity contribution is 6.30. The Morgan fingerprint density at radius 2 is 2.19 bits per heavy atom. The number of nitrogens with one attached hydrogen (secondary N) is 2. The second kappa shape index (κ2) is 8.13. The summed E-state index contributed by atoms with van der Waals surface area (Å²) >= 11 is 6.20. The molecular formula is C15H28ClN5. The van der Waals surface area contributed by atoms with Crippen LogP contribution in [0.15, 0.2) is 0 Å². The summed E-state index contributed by atoms with van der Waals surface area (Å²) in [6.45, 7) is 7.31. The number of rotatable bonds is 7. The lowest BCUT2D eigenvalue weighted by Gasteiger charge is -2.37. The number of piperazine rings is 1. The molecule has 1 aliphatic rings. The number of imidazole rings is 1. The zero-order valence-electron chi connectivity index (χ0n) is 13.5. The summed E-state index contributed by atoms with van der Waals surface area (Å²) in [5.41, 5.74) is 1.01. The monoisotopic (exact) mass is 313 g/mol. The summed E-state index contributed by atoms with van der Waals surface area (Å²) in [5.74, 6) is 1.01. The fourth-order valence-electron chi connectivity index (χ4n) is 2.71. The maximum absolute atomic E-state index is 6.20. The van der Waals surface area contributed by atoms with Crippen LogP contribution >= 0.6 is 11.6 Å². The lowest BCUT2D eigenvalue weighted by Crippen LogP contribution is -2.53. The summed E-state index contributed by atoms with van der Waals surface area (Å²) in [5, 5.41) is 4.12. The Bertz CT molecular complexity index is 434. The first-order chi connectivity index (χ1) is 10.1. The van der Waals surface area contributed by atoms with Crippen molar-refractivity contribution in [2.24, 2.45) is 0 Å². The molecule has 1 saturated heterocycles. The minimum absolute atomic E-state index is 0.560. The molecule has 0 saturated carbocycles. The van der Waals surface area contributed by atoms with Gasteiger partial charge in [0.25, 0.3) is 0 Å². The van der Waals surface area contributed by atoms with Gasteiger partial charge in [-0.3, -0.25) is 4.90 Å². The molecule has 0 bridgehead atoms. The molecule has 1 aromatic heterocycles. The molecule has 5 nitrogen and oxygen atoms in total. The molecule has 1 aromatic rings. The summed E-state index contributed by atoms with van der Waals surface area (Å²) in [7, 11) is 4.39. The number of unbranched alkanes of at least 4 members (excludes halogenated alkanes) is 1. The number of H-pyrrole nitrogens is 1. The minimum atomic E-state index is 0.560. The van der Waals surface area contributed by atoms with Crippen molar-refractivity contribution in [2.45, 2.75) is 38.8 Å². The number of hydrogen-bond donors (Lipinski definition) is 2. The van der Waals surface area contributed by atoms with E-state index in [1.807, 2.05) is 0 Å². The first-order valence-corrected chi connectivity index (χ1v) is 8.30. The molecule has 0 radical (unpaired) electrons. The Balaban J connectivity index is 1.78. The molecular weight excluding hydrogens is 286 g/mol. The fraction of sp³-hybridized carbons (Fsp3) is 0.800. The van der Waals surface area contributed by atoms with Gasteiger partial charge in [-0.2, -0.15) is 0 Å². The van der Waals surface area contributed by atoms with E-state index in [2.05, 4.69) is 46.1 Å². The Hall–Kier alpha value is -0.620. The van der Waals surface area contributed by atoms with E-state index in [-0.39, 0.29) is 0 Å². The van der Waals surface area contributed by atoms with Gasteiger partial charge in [0.1, 0.15) is 5.82 Å². The van der Waals surface area contributed by atoms with Crippen molar-refractivity contribution in [3.63, 3.8) is 0 Å². The lowest BCUT2D eigenvalue weighted by atomic mass is 10.2. The van der Waals surface area contributed by atoms with Crippen molar-refractivity contribution in [3.8, 4) is 0 Å². The fourth-order valence-corrected chi connectivity index (χ4v) is 2.92. The van der Waals surface area contributed by atoms with Crippen LogP contribution < -0.4 is 5.32 Å². The van der Waals surface area contributed by atoms with E-state index in [4.69, 9.17) is 11.6 Å². The van der Waals surface area contributed by atoms with Gasteiger partial charge in [0.15, 0.2) is 5.15 Å². The number of aromatic nitrogens is 2. The van der Waals surface area contributed by atoms with Gasteiger partial charge in [-0.1, -0.05) is 24.9 Å². The summed E-state index contributed by atoms with van der Waals surface area (Å²) in [6.07, 6.45) is 3.30. The third-order valence-electron chi connectivity index (χ3n) is 4.21. The lowest BCUT2D eigenvalue weighted by molar-refractivity contribution is 0.113. The van der Waals surface area contributed by atoms with Crippen molar-refractivity contribution in [1.29, 1.82) is 0 Å². The second-order valence-corrected chi connectivity index (χ2v) is 6.44. The van der Waals surface area contributed by atoms with E-state index in [1.54, 1.807) is 0 Å². The summed E-state index contributed by atoms with van der Waals surface area (Å²) in [6, 6.07) is 0.560. The molecule has 21 heavy (non-hydrogen) atoms. The van der Waals surface area contributed by atoms with Crippen molar-refractivity contribution < 1.29 is 0 Å². The number of halogens is 1. The molecule has 2 rings (SSSR count). The van der Waals surface area contributed by atoms with Crippen LogP contribution in [0.1, 0.15) is 31.3 Å². The molecule has 1 unspecified atom stereocenters. The highest BCUT2D eigenvalue weighted by Gasteiger charge is 2.21. The third kappa shape index (κ3) is 4.95. The van der Waals surface area contributed by atoms with E-state index in [0.29, 0.717) is 11.2 Å². The number of likely N-dealkylation sites (N-methyl/N-ethyl adjacent to an activating group) is 2. The van der Waals surface area contributed by atoms with Gasteiger partial charge in [-0.15, -0.1) is 0 Å². The van der Waals surface area contributed by atoms with Crippen LogP contribution in [0, 0.1) is 0 Å². The van der Waals surface area contributed by atoms with Gasteiger partial charge in [-0.05, 0) is 20.5 Å².